The predicted molar refractivity (Wildman–Crippen MR) is 89.2 cm³/mol. The maximum atomic E-state index is 11.8. The van der Waals surface area contributed by atoms with E-state index in [1.807, 2.05) is 0 Å². The van der Waals surface area contributed by atoms with Crippen molar-refractivity contribution < 1.29 is 17.9 Å². The highest BCUT2D eigenvalue weighted by Gasteiger charge is 2.10. The summed E-state index contributed by atoms with van der Waals surface area (Å²) in [6.45, 7) is 4.59. The van der Waals surface area contributed by atoms with Crippen LogP contribution in [0, 0.1) is 0 Å². The lowest BCUT2D eigenvalue weighted by molar-refractivity contribution is 0.0388. The van der Waals surface area contributed by atoms with Crippen LogP contribution in [0.3, 0.4) is 0 Å². The molecule has 0 atom stereocenters. The van der Waals surface area contributed by atoms with Crippen LogP contribution in [-0.4, -0.2) is 65.0 Å². The van der Waals surface area contributed by atoms with Gasteiger partial charge in [0.1, 0.15) is 0 Å². The average molecular weight is 342 g/mol. The molecule has 1 aromatic rings. The first-order valence-electron chi connectivity index (χ1n) is 7.35. The van der Waals surface area contributed by atoms with Crippen LogP contribution in [0.25, 0.3) is 0 Å². The van der Waals surface area contributed by atoms with Crippen LogP contribution >= 0.6 is 0 Å². The second kappa shape index (κ2) is 8.14. The van der Waals surface area contributed by atoms with Gasteiger partial charge in [-0.15, -0.1) is 0 Å². The molecule has 23 heavy (non-hydrogen) atoms. The van der Waals surface area contributed by atoms with Crippen molar-refractivity contribution in [2.75, 3.05) is 55.7 Å². The molecule has 0 bridgehead atoms. The van der Waals surface area contributed by atoms with E-state index in [1.54, 1.807) is 24.3 Å². The lowest BCUT2D eigenvalue weighted by Crippen LogP contribution is -2.42. The van der Waals surface area contributed by atoms with Gasteiger partial charge in [-0.05, 0) is 24.3 Å². The summed E-state index contributed by atoms with van der Waals surface area (Å²) < 4.78 is 29.8. The number of sulfonamides is 1. The molecular weight excluding hydrogens is 320 g/mol. The van der Waals surface area contributed by atoms with Crippen LogP contribution in [0.5, 0.6) is 0 Å². The molecule has 0 saturated carbocycles. The quantitative estimate of drug-likeness (QED) is 0.699. The number of carbonyl (C=O) groups excluding carboxylic acids is 1. The topological polar surface area (TPSA) is 99.8 Å². The number of anilines is 2. The van der Waals surface area contributed by atoms with Crippen LogP contribution in [0.4, 0.5) is 16.2 Å². The standard InChI is InChI=1S/C14H22N4O4S/c1-23(20,21)17-13-4-2-12(3-5-13)16-14(19)15-6-7-18-8-10-22-11-9-18/h2-5,17H,6-11H2,1H3,(H2,15,16,19). The number of hydrogen-bond donors (Lipinski definition) is 3. The Morgan fingerprint density at radius 3 is 2.39 bits per heavy atom. The molecular formula is C14H22N4O4S. The van der Waals surface area contributed by atoms with Crippen molar-refractivity contribution in [2.45, 2.75) is 0 Å². The Bertz CT molecular complexity index is 612. The first-order valence-corrected chi connectivity index (χ1v) is 9.24. The van der Waals surface area contributed by atoms with E-state index in [0.29, 0.717) is 17.9 Å². The summed E-state index contributed by atoms with van der Waals surface area (Å²) in [6.07, 6.45) is 1.08. The van der Waals surface area contributed by atoms with Crippen LogP contribution in [0.1, 0.15) is 0 Å². The van der Waals surface area contributed by atoms with Gasteiger partial charge in [-0.1, -0.05) is 0 Å². The molecule has 1 aliphatic rings. The third kappa shape index (κ3) is 6.85. The summed E-state index contributed by atoms with van der Waals surface area (Å²) in [4.78, 5) is 14.0. The van der Waals surface area contributed by atoms with Gasteiger partial charge in [0.25, 0.3) is 0 Å². The van der Waals surface area contributed by atoms with Gasteiger partial charge in [0.05, 0.1) is 19.5 Å². The molecule has 3 N–H and O–H groups in total. The van der Waals surface area contributed by atoms with Gasteiger partial charge in [-0.2, -0.15) is 0 Å². The van der Waals surface area contributed by atoms with Crippen molar-refractivity contribution >= 4 is 27.4 Å². The summed E-state index contributed by atoms with van der Waals surface area (Å²) in [5.74, 6) is 0. The molecule has 2 rings (SSSR count). The smallest absolute Gasteiger partial charge is 0.319 e. The summed E-state index contributed by atoms with van der Waals surface area (Å²) in [6, 6.07) is 6.15. The minimum atomic E-state index is -3.30. The zero-order chi connectivity index (χ0) is 16.7. The first-order chi connectivity index (χ1) is 10.9. The number of urea groups is 1. The molecule has 1 aliphatic heterocycles. The van der Waals surface area contributed by atoms with Crippen LogP contribution in [-0.2, 0) is 14.8 Å². The molecule has 0 aromatic heterocycles. The summed E-state index contributed by atoms with van der Waals surface area (Å²) >= 11 is 0. The molecule has 128 valence electrons. The van der Waals surface area contributed by atoms with E-state index in [-0.39, 0.29) is 6.03 Å². The maximum Gasteiger partial charge on any atom is 0.319 e. The summed E-state index contributed by atoms with van der Waals surface area (Å²) in [5.41, 5.74) is 1.04. The van der Waals surface area contributed by atoms with Crippen molar-refractivity contribution in [3.05, 3.63) is 24.3 Å². The second-order valence-corrected chi connectivity index (χ2v) is 7.03. The molecule has 9 heteroatoms. The molecule has 0 unspecified atom stereocenters. The van der Waals surface area contributed by atoms with Gasteiger partial charge >= 0.3 is 6.03 Å². The minimum Gasteiger partial charge on any atom is -0.379 e. The van der Waals surface area contributed by atoms with Crippen molar-refractivity contribution in [1.29, 1.82) is 0 Å². The van der Waals surface area contributed by atoms with E-state index < -0.39 is 10.0 Å². The second-order valence-electron chi connectivity index (χ2n) is 5.29. The lowest BCUT2D eigenvalue weighted by Gasteiger charge is -2.26. The minimum absolute atomic E-state index is 0.290. The van der Waals surface area contributed by atoms with Gasteiger partial charge in [-0.25, -0.2) is 13.2 Å². The third-order valence-electron chi connectivity index (χ3n) is 3.26. The molecule has 0 aliphatic carbocycles. The average Bonchev–Trinajstić information content (AvgIpc) is 2.49. The van der Waals surface area contributed by atoms with Gasteiger partial charge in [0.15, 0.2) is 0 Å². The number of benzene rings is 1. The molecule has 1 heterocycles. The Hall–Kier alpha value is -1.84. The maximum absolute atomic E-state index is 11.8. The Labute approximate surface area is 136 Å². The van der Waals surface area contributed by atoms with Crippen LogP contribution in [0.2, 0.25) is 0 Å². The van der Waals surface area contributed by atoms with E-state index >= 15 is 0 Å². The van der Waals surface area contributed by atoms with Gasteiger partial charge < -0.3 is 15.4 Å². The van der Waals surface area contributed by atoms with Crippen molar-refractivity contribution in [3.63, 3.8) is 0 Å². The molecule has 0 radical (unpaired) electrons. The summed E-state index contributed by atoms with van der Waals surface area (Å²) in [7, 11) is -3.30. The fraction of sp³-hybridized carbons (Fsp3) is 0.500. The molecule has 1 fully saturated rings. The van der Waals surface area contributed by atoms with E-state index in [2.05, 4.69) is 20.3 Å². The van der Waals surface area contributed by atoms with Crippen LogP contribution < -0.4 is 15.4 Å². The Kier molecular flexibility index (Phi) is 6.20. The largest absolute Gasteiger partial charge is 0.379 e. The van der Waals surface area contributed by atoms with E-state index in [9.17, 15) is 13.2 Å². The number of ether oxygens (including phenoxy) is 1. The van der Waals surface area contributed by atoms with E-state index in [4.69, 9.17) is 4.74 Å². The van der Waals surface area contributed by atoms with Gasteiger partial charge in [0, 0.05) is 37.6 Å². The molecule has 8 nitrogen and oxygen atoms in total. The number of hydrogen-bond acceptors (Lipinski definition) is 5. The fourth-order valence-corrected chi connectivity index (χ4v) is 2.73. The number of rotatable bonds is 6. The Balaban J connectivity index is 1.72. The van der Waals surface area contributed by atoms with Crippen molar-refractivity contribution in [3.8, 4) is 0 Å². The highest BCUT2D eigenvalue weighted by Crippen LogP contribution is 2.14. The number of amides is 2. The predicted octanol–water partition coefficient (Wildman–Crippen LogP) is 0.512. The van der Waals surface area contributed by atoms with E-state index in [1.165, 1.54) is 0 Å². The Morgan fingerprint density at radius 2 is 1.78 bits per heavy atom. The normalized spacial score (nSPS) is 15.9. The highest BCUT2D eigenvalue weighted by atomic mass is 32.2. The molecule has 1 saturated heterocycles. The number of carbonyl (C=O) groups is 1. The monoisotopic (exact) mass is 342 g/mol. The molecule has 2 amide bonds. The third-order valence-corrected chi connectivity index (χ3v) is 3.87. The van der Waals surface area contributed by atoms with Crippen molar-refractivity contribution in [1.82, 2.24) is 10.2 Å². The van der Waals surface area contributed by atoms with Gasteiger partial charge in [-0.3, -0.25) is 9.62 Å². The highest BCUT2D eigenvalue weighted by molar-refractivity contribution is 7.92. The summed E-state index contributed by atoms with van der Waals surface area (Å²) in [5, 5.41) is 5.49. The zero-order valence-corrected chi connectivity index (χ0v) is 13.9. The number of morpholine rings is 1. The lowest BCUT2D eigenvalue weighted by atomic mass is 10.3. The fourth-order valence-electron chi connectivity index (χ4n) is 2.16. The van der Waals surface area contributed by atoms with Crippen molar-refractivity contribution in [2.24, 2.45) is 0 Å². The zero-order valence-electron chi connectivity index (χ0n) is 13.0. The van der Waals surface area contributed by atoms with E-state index in [0.717, 1.165) is 39.1 Å². The Morgan fingerprint density at radius 1 is 1.17 bits per heavy atom. The molecule has 1 aromatic carbocycles. The number of nitrogens with zero attached hydrogens (tertiary/aromatic N) is 1. The van der Waals surface area contributed by atoms with Gasteiger partial charge in [0.2, 0.25) is 10.0 Å². The molecule has 0 spiro atoms. The SMILES string of the molecule is CS(=O)(=O)Nc1ccc(NC(=O)NCCN2CCOCC2)cc1. The number of nitrogens with one attached hydrogen (secondary N) is 3. The van der Waals surface area contributed by atoms with Crippen LogP contribution in [0.15, 0.2) is 24.3 Å². The first kappa shape index (κ1) is 17.5.